The Kier molecular flexibility index (Phi) is 5.51. The number of β-amino-alcohol motifs (C(OH)–C–C–N with tert-alkyl or cyclic N) is 1. The summed E-state index contributed by atoms with van der Waals surface area (Å²) in [7, 11) is 0. The van der Waals surface area contributed by atoms with Gasteiger partial charge < -0.3 is 14.7 Å². The Morgan fingerprint density at radius 2 is 1.87 bits per heavy atom. The van der Waals surface area contributed by atoms with E-state index >= 15 is 0 Å². The lowest BCUT2D eigenvalue weighted by atomic mass is 9.99. The summed E-state index contributed by atoms with van der Waals surface area (Å²) in [5.41, 5.74) is 1.01. The third kappa shape index (κ3) is 4.45. The second kappa shape index (κ2) is 7.79. The topological polar surface area (TPSA) is 53.0 Å². The van der Waals surface area contributed by atoms with Gasteiger partial charge in [0.05, 0.1) is 6.10 Å². The predicted octanol–water partition coefficient (Wildman–Crippen LogP) is 2.24. The van der Waals surface area contributed by atoms with Crippen LogP contribution in [0.4, 0.5) is 4.79 Å². The number of aliphatic hydroxyl groups excluding tert-OH is 1. The molecule has 2 saturated heterocycles. The SMILES string of the molecule is O=C(OCc1ccccc1)N1CCC(N2CCCC(O)C2)CC1. The molecular weight excluding hydrogens is 292 g/mol. The number of nitrogens with zero attached hydrogens (tertiary/aromatic N) is 2. The molecule has 1 aromatic rings. The Morgan fingerprint density at radius 1 is 1.13 bits per heavy atom. The predicted molar refractivity (Wildman–Crippen MR) is 88.0 cm³/mol. The van der Waals surface area contributed by atoms with Gasteiger partial charge in [-0.3, -0.25) is 4.90 Å². The quantitative estimate of drug-likeness (QED) is 0.929. The van der Waals surface area contributed by atoms with Crippen LogP contribution in [0.25, 0.3) is 0 Å². The monoisotopic (exact) mass is 318 g/mol. The van der Waals surface area contributed by atoms with E-state index in [2.05, 4.69) is 4.90 Å². The normalized spacial score (nSPS) is 23.7. The zero-order chi connectivity index (χ0) is 16.1. The molecule has 1 N–H and O–H groups in total. The zero-order valence-corrected chi connectivity index (χ0v) is 13.6. The van der Waals surface area contributed by atoms with Crippen LogP contribution in [0.15, 0.2) is 30.3 Å². The lowest BCUT2D eigenvalue weighted by Crippen LogP contribution is -2.50. The van der Waals surface area contributed by atoms with Gasteiger partial charge in [0.2, 0.25) is 0 Å². The Morgan fingerprint density at radius 3 is 2.57 bits per heavy atom. The van der Waals surface area contributed by atoms with E-state index in [1.54, 1.807) is 4.90 Å². The van der Waals surface area contributed by atoms with Crippen molar-refractivity contribution in [3.63, 3.8) is 0 Å². The van der Waals surface area contributed by atoms with Crippen molar-refractivity contribution in [2.75, 3.05) is 26.2 Å². The van der Waals surface area contributed by atoms with Crippen LogP contribution in [0, 0.1) is 0 Å². The number of carbonyl (C=O) groups is 1. The number of benzene rings is 1. The van der Waals surface area contributed by atoms with E-state index in [1.165, 1.54) is 0 Å². The van der Waals surface area contributed by atoms with Gasteiger partial charge in [-0.15, -0.1) is 0 Å². The number of hydrogen-bond acceptors (Lipinski definition) is 4. The van der Waals surface area contributed by atoms with Crippen LogP contribution in [0.1, 0.15) is 31.2 Å². The molecule has 5 nitrogen and oxygen atoms in total. The standard InChI is InChI=1S/C18H26N2O3/c21-17-7-4-10-20(13-17)16-8-11-19(12-9-16)18(22)23-14-15-5-2-1-3-6-15/h1-3,5-6,16-17,21H,4,7-14H2. The zero-order valence-electron chi connectivity index (χ0n) is 13.6. The number of likely N-dealkylation sites (tertiary alicyclic amines) is 2. The first kappa shape index (κ1) is 16.3. The number of piperidine rings is 2. The van der Waals surface area contributed by atoms with Gasteiger partial charge in [-0.25, -0.2) is 4.79 Å². The van der Waals surface area contributed by atoms with Crippen molar-refractivity contribution in [2.45, 2.75) is 44.4 Å². The van der Waals surface area contributed by atoms with Gasteiger partial charge in [0.25, 0.3) is 0 Å². The summed E-state index contributed by atoms with van der Waals surface area (Å²) < 4.78 is 5.40. The van der Waals surface area contributed by atoms with Crippen LogP contribution in [0.2, 0.25) is 0 Å². The first-order valence-electron chi connectivity index (χ1n) is 8.60. The van der Waals surface area contributed by atoms with Gasteiger partial charge in [-0.1, -0.05) is 30.3 Å². The summed E-state index contributed by atoms with van der Waals surface area (Å²) in [6.07, 6.45) is 3.52. The van der Waals surface area contributed by atoms with E-state index in [9.17, 15) is 9.90 Å². The fraction of sp³-hybridized carbons (Fsp3) is 0.611. The average molecular weight is 318 g/mol. The molecule has 0 aromatic heterocycles. The van der Waals surface area contributed by atoms with E-state index in [4.69, 9.17) is 4.74 Å². The highest BCUT2D eigenvalue weighted by atomic mass is 16.6. The summed E-state index contributed by atoms with van der Waals surface area (Å²) >= 11 is 0. The summed E-state index contributed by atoms with van der Waals surface area (Å²) in [5.74, 6) is 0. The molecule has 0 aliphatic carbocycles. The highest BCUT2D eigenvalue weighted by Gasteiger charge is 2.30. The fourth-order valence-electron chi connectivity index (χ4n) is 3.54. The van der Waals surface area contributed by atoms with Crippen LogP contribution >= 0.6 is 0 Å². The first-order valence-corrected chi connectivity index (χ1v) is 8.60. The number of hydrogen-bond donors (Lipinski definition) is 1. The number of ether oxygens (including phenoxy) is 1. The smallest absolute Gasteiger partial charge is 0.410 e. The Hall–Kier alpha value is -1.59. The minimum Gasteiger partial charge on any atom is -0.445 e. The summed E-state index contributed by atoms with van der Waals surface area (Å²) in [6, 6.07) is 10.3. The maximum Gasteiger partial charge on any atom is 0.410 e. The average Bonchev–Trinajstić information content (AvgIpc) is 2.61. The molecule has 2 fully saturated rings. The molecule has 2 aliphatic heterocycles. The second-order valence-electron chi connectivity index (χ2n) is 6.55. The number of amides is 1. The molecule has 5 heteroatoms. The second-order valence-corrected chi connectivity index (χ2v) is 6.55. The van der Waals surface area contributed by atoms with E-state index in [0.29, 0.717) is 12.6 Å². The third-order valence-electron chi connectivity index (χ3n) is 4.87. The fourth-order valence-corrected chi connectivity index (χ4v) is 3.54. The molecule has 0 radical (unpaired) electrons. The van der Waals surface area contributed by atoms with Crippen LogP contribution in [-0.4, -0.2) is 59.3 Å². The van der Waals surface area contributed by atoms with E-state index in [-0.39, 0.29) is 12.2 Å². The van der Waals surface area contributed by atoms with E-state index in [1.807, 2.05) is 30.3 Å². The van der Waals surface area contributed by atoms with Gasteiger partial charge >= 0.3 is 6.09 Å². The minimum absolute atomic E-state index is 0.183. The molecule has 0 saturated carbocycles. The van der Waals surface area contributed by atoms with Crippen molar-refractivity contribution in [2.24, 2.45) is 0 Å². The van der Waals surface area contributed by atoms with Crippen LogP contribution in [0.5, 0.6) is 0 Å². The van der Waals surface area contributed by atoms with Gasteiger partial charge in [0.1, 0.15) is 6.61 Å². The van der Waals surface area contributed by atoms with Crippen molar-refractivity contribution in [1.29, 1.82) is 0 Å². The number of rotatable bonds is 3. The lowest BCUT2D eigenvalue weighted by Gasteiger charge is -2.41. The van der Waals surface area contributed by atoms with Crippen molar-refractivity contribution in [3.05, 3.63) is 35.9 Å². The molecule has 0 spiro atoms. The van der Waals surface area contributed by atoms with Gasteiger partial charge in [-0.2, -0.15) is 0 Å². The van der Waals surface area contributed by atoms with Gasteiger partial charge in [0.15, 0.2) is 0 Å². The highest BCUT2D eigenvalue weighted by Crippen LogP contribution is 2.21. The van der Waals surface area contributed by atoms with Crippen molar-refractivity contribution >= 4 is 6.09 Å². The van der Waals surface area contributed by atoms with E-state index < -0.39 is 0 Å². The molecule has 1 atom stereocenters. The molecule has 0 bridgehead atoms. The van der Waals surface area contributed by atoms with Crippen molar-refractivity contribution < 1.29 is 14.6 Å². The third-order valence-corrected chi connectivity index (χ3v) is 4.87. The number of aliphatic hydroxyl groups is 1. The summed E-state index contributed by atoms with van der Waals surface area (Å²) in [6.45, 7) is 3.66. The van der Waals surface area contributed by atoms with Crippen LogP contribution < -0.4 is 0 Å². The molecule has 2 heterocycles. The van der Waals surface area contributed by atoms with Crippen LogP contribution in [-0.2, 0) is 11.3 Å². The van der Waals surface area contributed by atoms with Crippen LogP contribution in [0.3, 0.4) is 0 Å². The maximum absolute atomic E-state index is 12.2. The Balaban J connectivity index is 1.42. The molecule has 126 valence electrons. The van der Waals surface area contributed by atoms with E-state index in [0.717, 1.165) is 57.4 Å². The largest absolute Gasteiger partial charge is 0.445 e. The Bertz CT molecular complexity index is 500. The molecule has 1 unspecified atom stereocenters. The number of carbonyl (C=O) groups excluding carboxylic acids is 1. The van der Waals surface area contributed by atoms with Crippen molar-refractivity contribution in [1.82, 2.24) is 9.80 Å². The summed E-state index contributed by atoms with van der Waals surface area (Å²) in [4.78, 5) is 16.4. The lowest BCUT2D eigenvalue weighted by molar-refractivity contribution is 0.0219. The maximum atomic E-state index is 12.2. The van der Waals surface area contributed by atoms with Gasteiger partial charge in [-0.05, 0) is 37.8 Å². The first-order chi connectivity index (χ1) is 11.2. The molecule has 2 aliphatic rings. The molecule has 23 heavy (non-hydrogen) atoms. The minimum atomic E-state index is -0.217. The molecular formula is C18H26N2O3. The molecule has 3 rings (SSSR count). The highest BCUT2D eigenvalue weighted by molar-refractivity contribution is 5.67. The molecule has 1 amide bonds. The summed E-state index contributed by atoms with van der Waals surface area (Å²) in [5, 5.41) is 9.80. The Labute approximate surface area is 137 Å². The van der Waals surface area contributed by atoms with Gasteiger partial charge in [0, 0.05) is 25.7 Å². The molecule has 1 aromatic carbocycles. The van der Waals surface area contributed by atoms with Crippen molar-refractivity contribution in [3.8, 4) is 0 Å².